The van der Waals surface area contributed by atoms with Crippen LogP contribution in [-0.4, -0.2) is 43.9 Å². The summed E-state index contributed by atoms with van der Waals surface area (Å²) in [5.74, 6) is 1.18. The minimum atomic E-state index is -0.0272. The van der Waals surface area contributed by atoms with E-state index < -0.39 is 0 Å². The van der Waals surface area contributed by atoms with Gasteiger partial charge in [-0.3, -0.25) is 4.79 Å². The van der Waals surface area contributed by atoms with E-state index in [1.54, 1.807) is 6.07 Å². The molecule has 0 radical (unpaired) electrons. The summed E-state index contributed by atoms with van der Waals surface area (Å²) >= 11 is 0. The fourth-order valence-electron chi connectivity index (χ4n) is 2.57. The lowest BCUT2D eigenvalue weighted by molar-refractivity contribution is 0.0675. The van der Waals surface area contributed by atoms with Crippen LogP contribution >= 0.6 is 0 Å². The van der Waals surface area contributed by atoms with Gasteiger partial charge < -0.3 is 14.2 Å². The van der Waals surface area contributed by atoms with Crippen LogP contribution in [0.1, 0.15) is 36.7 Å². The Hall–Kier alpha value is -1.29. The minimum Gasteiger partial charge on any atom is -0.437 e. The summed E-state index contributed by atoms with van der Waals surface area (Å²) in [5, 5.41) is 0. The first kappa shape index (κ1) is 13.1. The Balaban J connectivity index is 2.06. The molecule has 0 amide bonds. The lowest BCUT2D eigenvalue weighted by Gasteiger charge is -2.49. The molecular formula is C14H22N2O2. The summed E-state index contributed by atoms with van der Waals surface area (Å²) in [4.78, 5) is 15.6. The van der Waals surface area contributed by atoms with Gasteiger partial charge in [-0.15, -0.1) is 0 Å². The highest BCUT2D eigenvalue weighted by Gasteiger charge is 2.40. The Kier molecular flexibility index (Phi) is 3.48. The summed E-state index contributed by atoms with van der Waals surface area (Å²) in [5.41, 5.74) is 0.262. The molecular weight excluding hydrogens is 228 g/mol. The lowest BCUT2D eigenvalue weighted by Crippen LogP contribution is -2.56. The van der Waals surface area contributed by atoms with Crippen LogP contribution in [0.15, 0.2) is 16.5 Å². The maximum atomic E-state index is 11.2. The molecule has 0 unspecified atom stereocenters. The first-order valence-corrected chi connectivity index (χ1v) is 6.44. The number of furan rings is 1. The lowest BCUT2D eigenvalue weighted by atomic mass is 9.75. The van der Waals surface area contributed by atoms with Gasteiger partial charge in [-0.25, -0.2) is 0 Å². The van der Waals surface area contributed by atoms with E-state index in [9.17, 15) is 4.79 Å². The predicted octanol–water partition coefficient (Wildman–Crippen LogP) is 2.40. The number of carbonyl (C=O) groups is 1. The third-order valence-electron chi connectivity index (χ3n) is 4.08. The second-order valence-electron chi connectivity index (χ2n) is 5.52. The van der Waals surface area contributed by atoms with Gasteiger partial charge in [0.05, 0.1) is 0 Å². The minimum absolute atomic E-state index is 0.0272. The van der Waals surface area contributed by atoms with Crippen LogP contribution in [0.4, 0.5) is 5.88 Å². The van der Waals surface area contributed by atoms with Crippen LogP contribution < -0.4 is 4.90 Å². The number of nitrogens with zero attached hydrogens (tertiary/aromatic N) is 2. The van der Waals surface area contributed by atoms with Crippen molar-refractivity contribution < 1.29 is 9.21 Å². The molecule has 18 heavy (non-hydrogen) atoms. The van der Waals surface area contributed by atoms with Crippen molar-refractivity contribution in [2.45, 2.75) is 31.7 Å². The van der Waals surface area contributed by atoms with Gasteiger partial charge in [-0.05, 0) is 39.4 Å². The zero-order chi connectivity index (χ0) is 13.3. The van der Waals surface area contributed by atoms with Gasteiger partial charge in [-0.2, -0.15) is 0 Å². The monoisotopic (exact) mass is 250 g/mol. The molecule has 4 nitrogen and oxygen atoms in total. The molecule has 1 fully saturated rings. The van der Waals surface area contributed by atoms with E-state index in [1.807, 2.05) is 13.1 Å². The van der Waals surface area contributed by atoms with Crippen LogP contribution in [-0.2, 0) is 0 Å². The van der Waals surface area contributed by atoms with Crippen LogP contribution in [0.5, 0.6) is 0 Å². The fraction of sp³-hybridized carbons (Fsp3) is 0.643. The van der Waals surface area contributed by atoms with E-state index in [0.29, 0.717) is 5.76 Å². The standard InChI is InChI=1S/C14H22N2O2/c1-11(17)12-6-7-13(18-12)16(4)10-14(15(2)3)8-5-9-14/h6-7H,5,8-10H2,1-4H3. The van der Waals surface area contributed by atoms with Gasteiger partial charge >= 0.3 is 0 Å². The van der Waals surface area contributed by atoms with Crippen LogP contribution in [0, 0.1) is 0 Å². The Labute approximate surface area is 109 Å². The Morgan fingerprint density at radius 3 is 2.39 bits per heavy atom. The van der Waals surface area contributed by atoms with Crippen molar-refractivity contribution in [3.63, 3.8) is 0 Å². The molecule has 1 saturated carbocycles. The fourth-order valence-corrected chi connectivity index (χ4v) is 2.57. The number of rotatable bonds is 5. The van der Waals surface area contributed by atoms with E-state index in [2.05, 4.69) is 23.9 Å². The van der Waals surface area contributed by atoms with E-state index in [0.717, 1.165) is 12.4 Å². The number of anilines is 1. The van der Waals surface area contributed by atoms with Crippen molar-refractivity contribution in [3.8, 4) is 0 Å². The number of Topliss-reactive ketones (excluding diaryl/α,β-unsaturated/α-hetero) is 1. The first-order chi connectivity index (χ1) is 8.44. The molecule has 0 aliphatic heterocycles. The highest BCUT2D eigenvalue weighted by Crippen LogP contribution is 2.37. The molecule has 1 aromatic heterocycles. The molecule has 0 spiro atoms. The molecule has 1 heterocycles. The molecule has 1 aliphatic rings. The number of carbonyl (C=O) groups excluding carboxylic acids is 1. The van der Waals surface area contributed by atoms with Crippen molar-refractivity contribution >= 4 is 11.7 Å². The number of ketones is 1. The number of likely N-dealkylation sites (N-methyl/N-ethyl adjacent to an activating group) is 2. The molecule has 1 aliphatic carbocycles. The predicted molar refractivity (Wildman–Crippen MR) is 72.3 cm³/mol. The normalized spacial score (nSPS) is 17.6. The largest absolute Gasteiger partial charge is 0.437 e. The molecule has 0 atom stereocenters. The van der Waals surface area contributed by atoms with Gasteiger partial charge in [0.1, 0.15) is 0 Å². The smallest absolute Gasteiger partial charge is 0.196 e. The second-order valence-corrected chi connectivity index (χ2v) is 5.52. The highest BCUT2D eigenvalue weighted by molar-refractivity contribution is 5.91. The molecule has 1 aromatic rings. The highest BCUT2D eigenvalue weighted by atomic mass is 16.4. The number of hydrogen-bond acceptors (Lipinski definition) is 4. The Morgan fingerprint density at radius 2 is 2.00 bits per heavy atom. The van der Waals surface area contributed by atoms with Crippen LogP contribution in [0.25, 0.3) is 0 Å². The third-order valence-corrected chi connectivity index (χ3v) is 4.08. The van der Waals surface area contributed by atoms with Gasteiger partial charge in [0, 0.05) is 32.1 Å². The van der Waals surface area contributed by atoms with Gasteiger partial charge in [0.2, 0.25) is 0 Å². The molecule has 0 saturated heterocycles. The Morgan fingerprint density at radius 1 is 1.33 bits per heavy atom. The average Bonchev–Trinajstić information content (AvgIpc) is 2.71. The molecule has 0 N–H and O–H groups in total. The summed E-state index contributed by atoms with van der Waals surface area (Å²) in [7, 11) is 6.29. The van der Waals surface area contributed by atoms with E-state index in [4.69, 9.17) is 4.42 Å². The second kappa shape index (κ2) is 4.76. The van der Waals surface area contributed by atoms with Crippen molar-refractivity contribution in [1.82, 2.24) is 4.90 Å². The van der Waals surface area contributed by atoms with Gasteiger partial charge in [0.25, 0.3) is 0 Å². The molecule has 0 aromatic carbocycles. The maximum absolute atomic E-state index is 11.2. The summed E-state index contributed by atoms with van der Waals surface area (Å²) in [6.45, 7) is 2.46. The van der Waals surface area contributed by atoms with Crippen LogP contribution in [0.3, 0.4) is 0 Å². The molecule has 4 heteroatoms. The summed E-state index contributed by atoms with van der Waals surface area (Å²) in [6, 6.07) is 3.62. The van der Waals surface area contributed by atoms with Crippen molar-refractivity contribution in [2.75, 3.05) is 32.6 Å². The topological polar surface area (TPSA) is 36.7 Å². The van der Waals surface area contributed by atoms with Crippen molar-refractivity contribution in [2.24, 2.45) is 0 Å². The molecule has 2 rings (SSSR count). The van der Waals surface area contributed by atoms with Crippen LogP contribution in [0.2, 0.25) is 0 Å². The van der Waals surface area contributed by atoms with E-state index >= 15 is 0 Å². The molecule has 0 bridgehead atoms. The van der Waals surface area contributed by atoms with E-state index in [-0.39, 0.29) is 11.3 Å². The zero-order valence-electron chi connectivity index (χ0n) is 11.7. The first-order valence-electron chi connectivity index (χ1n) is 6.44. The van der Waals surface area contributed by atoms with E-state index in [1.165, 1.54) is 26.2 Å². The summed E-state index contributed by atoms with van der Waals surface area (Å²) in [6.07, 6.45) is 3.75. The Bertz CT molecular complexity index is 433. The maximum Gasteiger partial charge on any atom is 0.196 e. The van der Waals surface area contributed by atoms with Crippen molar-refractivity contribution in [1.29, 1.82) is 0 Å². The average molecular weight is 250 g/mol. The number of hydrogen-bond donors (Lipinski definition) is 0. The molecule has 100 valence electrons. The van der Waals surface area contributed by atoms with Gasteiger partial charge in [0.15, 0.2) is 17.4 Å². The van der Waals surface area contributed by atoms with Crippen molar-refractivity contribution in [3.05, 3.63) is 17.9 Å². The SMILES string of the molecule is CC(=O)c1ccc(N(C)CC2(N(C)C)CCC2)o1. The third kappa shape index (κ3) is 2.29. The van der Waals surface area contributed by atoms with Gasteiger partial charge in [-0.1, -0.05) is 0 Å². The zero-order valence-corrected chi connectivity index (χ0v) is 11.7. The summed E-state index contributed by atoms with van der Waals surface area (Å²) < 4.78 is 5.56. The quantitative estimate of drug-likeness (QED) is 0.752.